The monoisotopic (exact) mass is 523 g/mol. The summed E-state index contributed by atoms with van der Waals surface area (Å²) in [4.78, 5) is 15.2. The topological polar surface area (TPSA) is 48.5 Å². The molecule has 3 heterocycles. The predicted molar refractivity (Wildman–Crippen MR) is 166 cm³/mol. The SMILES string of the molecule is CC(C)(C)c1nc(-n2c3ccccc3c3cccc(-n4c5ccccc5c5ccccc54)c32)nc(C(C)(C)C)n1. The molecule has 5 nitrogen and oxygen atoms in total. The van der Waals surface area contributed by atoms with Crippen LogP contribution in [0.4, 0.5) is 0 Å². The van der Waals surface area contributed by atoms with Gasteiger partial charge in [0, 0.05) is 32.4 Å². The minimum atomic E-state index is -0.230. The second-order valence-electron chi connectivity index (χ2n) is 12.7. The van der Waals surface area contributed by atoms with Gasteiger partial charge in [-0.05, 0) is 24.3 Å². The van der Waals surface area contributed by atoms with Crippen molar-refractivity contribution in [1.29, 1.82) is 0 Å². The van der Waals surface area contributed by atoms with Crippen molar-refractivity contribution in [3.63, 3.8) is 0 Å². The van der Waals surface area contributed by atoms with Crippen LogP contribution in [0.25, 0.3) is 55.2 Å². The van der Waals surface area contributed by atoms with Gasteiger partial charge in [-0.15, -0.1) is 0 Å². The second-order valence-corrected chi connectivity index (χ2v) is 12.7. The van der Waals surface area contributed by atoms with Crippen molar-refractivity contribution in [2.24, 2.45) is 0 Å². The Morgan fingerprint density at radius 3 is 1.38 bits per heavy atom. The molecular weight excluding hydrogens is 490 g/mol. The Labute approximate surface area is 234 Å². The van der Waals surface area contributed by atoms with Crippen LogP contribution in [0.3, 0.4) is 0 Å². The van der Waals surface area contributed by atoms with E-state index in [4.69, 9.17) is 15.0 Å². The Bertz CT molecular complexity index is 1990. The second kappa shape index (κ2) is 8.49. The summed E-state index contributed by atoms with van der Waals surface area (Å²) < 4.78 is 4.63. The first-order valence-electron chi connectivity index (χ1n) is 13.9. The van der Waals surface area contributed by atoms with Crippen molar-refractivity contribution >= 4 is 43.6 Å². The molecule has 40 heavy (non-hydrogen) atoms. The Morgan fingerprint density at radius 2 is 0.875 bits per heavy atom. The van der Waals surface area contributed by atoms with Crippen LogP contribution in [0.2, 0.25) is 0 Å². The first kappa shape index (κ1) is 24.5. The molecule has 0 amide bonds. The molecular formula is C35H33N5. The van der Waals surface area contributed by atoms with Gasteiger partial charge in [-0.2, -0.15) is 9.97 Å². The van der Waals surface area contributed by atoms with Gasteiger partial charge in [0.1, 0.15) is 11.6 Å². The average molecular weight is 524 g/mol. The number of hydrogen-bond donors (Lipinski definition) is 0. The van der Waals surface area contributed by atoms with E-state index in [9.17, 15) is 0 Å². The molecule has 0 spiro atoms. The fourth-order valence-corrected chi connectivity index (χ4v) is 5.71. The summed E-state index contributed by atoms with van der Waals surface area (Å²) in [5.41, 5.74) is 5.15. The molecule has 0 aliphatic heterocycles. The third-order valence-electron chi connectivity index (χ3n) is 7.66. The van der Waals surface area contributed by atoms with E-state index in [1.807, 2.05) is 0 Å². The molecule has 7 aromatic rings. The van der Waals surface area contributed by atoms with Crippen molar-refractivity contribution in [2.45, 2.75) is 52.4 Å². The van der Waals surface area contributed by atoms with E-state index in [-0.39, 0.29) is 10.8 Å². The first-order valence-corrected chi connectivity index (χ1v) is 13.9. The highest BCUT2D eigenvalue weighted by molar-refractivity contribution is 6.14. The summed E-state index contributed by atoms with van der Waals surface area (Å²) >= 11 is 0. The van der Waals surface area contributed by atoms with Crippen LogP contribution in [-0.2, 0) is 10.8 Å². The van der Waals surface area contributed by atoms with E-state index in [0.29, 0.717) is 5.95 Å². The number of para-hydroxylation sites is 4. The highest BCUT2D eigenvalue weighted by Crippen LogP contribution is 2.39. The molecule has 0 aliphatic rings. The van der Waals surface area contributed by atoms with Crippen LogP contribution in [-0.4, -0.2) is 24.1 Å². The summed E-state index contributed by atoms with van der Waals surface area (Å²) in [6.45, 7) is 13.0. The quantitative estimate of drug-likeness (QED) is 0.228. The van der Waals surface area contributed by atoms with E-state index in [1.54, 1.807) is 0 Å². The number of fused-ring (bicyclic) bond motifs is 6. The van der Waals surface area contributed by atoms with Gasteiger partial charge in [-0.3, -0.25) is 4.57 Å². The lowest BCUT2D eigenvalue weighted by atomic mass is 9.93. The molecule has 0 aliphatic carbocycles. The van der Waals surface area contributed by atoms with Gasteiger partial charge in [-0.1, -0.05) is 108 Å². The van der Waals surface area contributed by atoms with Gasteiger partial charge in [0.25, 0.3) is 0 Å². The Kier molecular flexibility index (Phi) is 5.21. The Morgan fingerprint density at radius 1 is 0.450 bits per heavy atom. The zero-order chi connectivity index (χ0) is 27.8. The summed E-state index contributed by atoms with van der Waals surface area (Å²) in [5, 5.41) is 4.83. The molecule has 0 bridgehead atoms. The van der Waals surface area contributed by atoms with Crippen molar-refractivity contribution in [1.82, 2.24) is 24.1 Å². The molecule has 0 saturated carbocycles. The minimum absolute atomic E-state index is 0.230. The predicted octanol–water partition coefficient (Wildman–Crippen LogP) is 8.66. The van der Waals surface area contributed by atoms with Gasteiger partial charge < -0.3 is 4.57 Å². The molecule has 0 saturated heterocycles. The third-order valence-corrected chi connectivity index (χ3v) is 7.66. The zero-order valence-corrected chi connectivity index (χ0v) is 23.9. The lowest BCUT2D eigenvalue weighted by Crippen LogP contribution is -2.25. The molecule has 3 aromatic heterocycles. The molecule has 0 atom stereocenters. The first-order chi connectivity index (χ1) is 19.1. The van der Waals surface area contributed by atoms with Gasteiger partial charge >= 0.3 is 0 Å². The van der Waals surface area contributed by atoms with Crippen molar-refractivity contribution in [3.8, 4) is 11.6 Å². The third kappa shape index (κ3) is 3.64. The number of nitrogens with zero attached hydrogens (tertiary/aromatic N) is 5. The van der Waals surface area contributed by atoms with Crippen LogP contribution in [0.1, 0.15) is 53.2 Å². The fraction of sp³-hybridized carbons (Fsp3) is 0.229. The fourth-order valence-electron chi connectivity index (χ4n) is 5.71. The maximum atomic E-state index is 5.14. The van der Waals surface area contributed by atoms with E-state index < -0.39 is 0 Å². The van der Waals surface area contributed by atoms with Crippen LogP contribution < -0.4 is 0 Å². The number of benzene rings is 4. The molecule has 198 valence electrons. The zero-order valence-electron chi connectivity index (χ0n) is 23.9. The normalized spacial score (nSPS) is 12.8. The summed E-state index contributed by atoms with van der Waals surface area (Å²) in [6.07, 6.45) is 0. The number of rotatable bonds is 2. The Balaban J connectivity index is 1.67. The highest BCUT2D eigenvalue weighted by Gasteiger charge is 2.27. The lowest BCUT2D eigenvalue weighted by molar-refractivity contribution is 0.493. The Hall–Kier alpha value is -4.51. The van der Waals surface area contributed by atoms with Crippen molar-refractivity contribution in [3.05, 3.63) is 103 Å². The number of aromatic nitrogens is 5. The molecule has 7 rings (SSSR count). The highest BCUT2D eigenvalue weighted by atomic mass is 15.2. The van der Waals surface area contributed by atoms with Crippen molar-refractivity contribution in [2.75, 3.05) is 0 Å². The van der Waals surface area contributed by atoms with E-state index >= 15 is 0 Å². The molecule has 4 aromatic carbocycles. The van der Waals surface area contributed by atoms with E-state index in [1.165, 1.54) is 32.6 Å². The molecule has 0 unspecified atom stereocenters. The maximum Gasteiger partial charge on any atom is 0.238 e. The minimum Gasteiger partial charge on any atom is -0.307 e. The smallest absolute Gasteiger partial charge is 0.238 e. The van der Waals surface area contributed by atoms with Crippen LogP contribution in [0, 0.1) is 0 Å². The van der Waals surface area contributed by atoms with Crippen LogP contribution >= 0.6 is 0 Å². The van der Waals surface area contributed by atoms with E-state index in [2.05, 4.69) is 142 Å². The van der Waals surface area contributed by atoms with E-state index in [0.717, 1.165) is 28.4 Å². The van der Waals surface area contributed by atoms with Crippen LogP contribution in [0.15, 0.2) is 91.0 Å². The molecule has 0 radical (unpaired) electrons. The summed E-state index contributed by atoms with van der Waals surface area (Å²) in [7, 11) is 0. The average Bonchev–Trinajstić information content (AvgIpc) is 3.45. The molecule has 5 heteroatoms. The van der Waals surface area contributed by atoms with Gasteiger partial charge in [0.15, 0.2) is 0 Å². The van der Waals surface area contributed by atoms with Gasteiger partial charge in [0.2, 0.25) is 5.95 Å². The summed E-state index contributed by atoms with van der Waals surface area (Å²) in [5.74, 6) is 2.25. The van der Waals surface area contributed by atoms with Crippen LogP contribution in [0.5, 0.6) is 0 Å². The molecule has 0 N–H and O–H groups in total. The number of hydrogen-bond acceptors (Lipinski definition) is 3. The van der Waals surface area contributed by atoms with Gasteiger partial charge in [-0.25, -0.2) is 4.98 Å². The largest absolute Gasteiger partial charge is 0.307 e. The van der Waals surface area contributed by atoms with Gasteiger partial charge in [0.05, 0.1) is 27.8 Å². The maximum absolute atomic E-state index is 5.14. The van der Waals surface area contributed by atoms with Crippen molar-refractivity contribution < 1.29 is 0 Å². The standard InChI is InChI=1S/C35H33N5/c1-34(2,3)31-36-32(35(4,5)6)38-33(37-31)40-28-20-12-9-16-24(28)25-17-13-21-29(30(25)40)39-26-18-10-7-14-22(26)23-15-8-11-19-27(23)39/h7-21H,1-6H3. The summed E-state index contributed by atoms with van der Waals surface area (Å²) in [6, 6.07) is 32.4. The molecule has 0 fully saturated rings. The lowest BCUT2D eigenvalue weighted by Gasteiger charge is -2.23.